The highest BCUT2D eigenvalue weighted by molar-refractivity contribution is 5.95. The van der Waals surface area contributed by atoms with Gasteiger partial charge in [0, 0.05) is 25.1 Å². The zero-order chi connectivity index (χ0) is 13.2. The van der Waals surface area contributed by atoms with E-state index in [0.29, 0.717) is 18.0 Å². The second-order valence-electron chi connectivity index (χ2n) is 4.36. The summed E-state index contributed by atoms with van der Waals surface area (Å²) in [6.45, 7) is 0.699. The van der Waals surface area contributed by atoms with Gasteiger partial charge in [0.05, 0.1) is 12.2 Å². The molecule has 2 heterocycles. The third-order valence-electron chi connectivity index (χ3n) is 2.98. The number of anilines is 2. The van der Waals surface area contributed by atoms with Crippen molar-refractivity contribution in [3.8, 4) is 5.75 Å². The quantitative estimate of drug-likeness (QED) is 0.872. The van der Waals surface area contributed by atoms with Gasteiger partial charge < -0.3 is 19.9 Å². The van der Waals surface area contributed by atoms with Gasteiger partial charge in [-0.3, -0.25) is 4.79 Å². The van der Waals surface area contributed by atoms with Crippen molar-refractivity contribution in [1.82, 2.24) is 9.55 Å². The van der Waals surface area contributed by atoms with E-state index in [-0.39, 0.29) is 12.5 Å². The van der Waals surface area contributed by atoms with Crippen LogP contribution in [0.3, 0.4) is 0 Å². The van der Waals surface area contributed by atoms with E-state index in [2.05, 4.69) is 15.6 Å². The predicted octanol–water partition coefficient (Wildman–Crippen LogP) is 1.36. The third kappa shape index (κ3) is 2.37. The molecule has 6 heteroatoms. The fourth-order valence-corrected chi connectivity index (χ4v) is 1.94. The zero-order valence-electron chi connectivity index (χ0n) is 10.5. The SMILES string of the molecule is Cn1ccnc1CNc1ccc2c(c1)NC(=O)CO2. The largest absolute Gasteiger partial charge is 0.482 e. The number of hydrogen-bond acceptors (Lipinski definition) is 4. The molecule has 3 rings (SSSR count). The van der Waals surface area contributed by atoms with Gasteiger partial charge in [0.1, 0.15) is 11.6 Å². The highest BCUT2D eigenvalue weighted by atomic mass is 16.5. The van der Waals surface area contributed by atoms with Crippen LogP contribution in [0.4, 0.5) is 11.4 Å². The summed E-state index contributed by atoms with van der Waals surface area (Å²) in [5.41, 5.74) is 1.61. The molecule has 0 saturated carbocycles. The average molecular weight is 258 g/mol. The normalized spacial score (nSPS) is 13.4. The molecule has 0 aliphatic carbocycles. The first-order chi connectivity index (χ1) is 9.22. The predicted molar refractivity (Wildman–Crippen MR) is 71.1 cm³/mol. The van der Waals surface area contributed by atoms with Crippen molar-refractivity contribution in [2.45, 2.75) is 6.54 Å². The van der Waals surface area contributed by atoms with Crippen molar-refractivity contribution in [3.63, 3.8) is 0 Å². The minimum Gasteiger partial charge on any atom is -0.482 e. The van der Waals surface area contributed by atoms with Crippen LogP contribution in [0.25, 0.3) is 0 Å². The van der Waals surface area contributed by atoms with Crippen LogP contribution in [-0.2, 0) is 18.4 Å². The number of aromatic nitrogens is 2. The fourth-order valence-electron chi connectivity index (χ4n) is 1.94. The minimum atomic E-state index is -0.131. The molecular formula is C13H14N4O2. The Labute approximate surface area is 110 Å². The second-order valence-corrected chi connectivity index (χ2v) is 4.36. The van der Waals surface area contributed by atoms with Crippen molar-refractivity contribution >= 4 is 17.3 Å². The zero-order valence-corrected chi connectivity index (χ0v) is 10.5. The van der Waals surface area contributed by atoms with E-state index in [0.717, 1.165) is 11.5 Å². The number of carbonyl (C=O) groups excluding carboxylic acids is 1. The van der Waals surface area contributed by atoms with E-state index in [1.807, 2.05) is 36.0 Å². The summed E-state index contributed by atoms with van der Waals surface area (Å²) < 4.78 is 7.26. The molecule has 0 unspecified atom stereocenters. The van der Waals surface area contributed by atoms with Gasteiger partial charge in [-0.25, -0.2) is 4.98 Å². The van der Waals surface area contributed by atoms with E-state index >= 15 is 0 Å². The lowest BCUT2D eigenvalue weighted by Crippen LogP contribution is -2.25. The highest BCUT2D eigenvalue weighted by Crippen LogP contribution is 2.30. The molecule has 1 aliphatic rings. The number of nitrogens with one attached hydrogen (secondary N) is 2. The molecule has 2 N–H and O–H groups in total. The number of nitrogens with zero attached hydrogens (tertiary/aromatic N) is 2. The number of benzene rings is 1. The lowest BCUT2D eigenvalue weighted by Gasteiger charge is -2.18. The Kier molecular flexibility index (Phi) is 2.83. The topological polar surface area (TPSA) is 68.2 Å². The number of imidazole rings is 1. The fraction of sp³-hybridized carbons (Fsp3) is 0.231. The van der Waals surface area contributed by atoms with Gasteiger partial charge in [-0.1, -0.05) is 0 Å². The van der Waals surface area contributed by atoms with E-state index in [4.69, 9.17) is 4.74 Å². The van der Waals surface area contributed by atoms with Crippen molar-refractivity contribution in [2.24, 2.45) is 7.05 Å². The number of amides is 1. The Morgan fingerprint density at radius 3 is 3.21 bits per heavy atom. The van der Waals surface area contributed by atoms with Crippen LogP contribution < -0.4 is 15.4 Å². The van der Waals surface area contributed by atoms with Gasteiger partial charge in [0.15, 0.2) is 6.61 Å². The smallest absolute Gasteiger partial charge is 0.262 e. The maximum absolute atomic E-state index is 11.3. The van der Waals surface area contributed by atoms with E-state index in [9.17, 15) is 4.79 Å². The lowest BCUT2D eigenvalue weighted by atomic mass is 10.2. The van der Waals surface area contributed by atoms with Crippen LogP contribution in [0, 0.1) is 0 Å². The summed E-state index contributed by atoms with van der Waals surface area (Å²) in [6, 6.07) is 5.62. The molecule has 0 saturated heterocycles. The summed E-state index contributed by atoms with van der Waals surface area (Å²) >= 11 is 0. The molecule has 1 aromatic carbocycles. The Morgan fingerprint density at radius 1 is 1.53 bits per heavy atom. The average Bonchev–Trinajstić information content (AvgIpc) is 2.81. The van der Waals surface area contributed by atoms with E-state index in [1.165, 1.54) is 0 Å². The molecular weight excluding hydrogens is 244 g/mol. The first-order valence-corrected chi connectivity index (χ1v) is 5.99. The van der Waals surface area contributed by atoms with Gasteiger partial charge in [-0.05, 0) is 18.2 Å². The number of aryl methyl sites for hydroxylation is 1. The molecule has 19 heavy (non-hydrogen) atoms. The summed E-state index contributed by atoms with van der Waals surface area (Å²) in [4.78, 5) is 15.5. The number of ether oxygens (including phenoxy) is 1. The molecule has 0 fully saturated rings. The van der Waals surface area contributed by atoms with Crippen LogP contribution in [0.15, 0.2) is 30.6 Å². The standard InChI is InChI=1S/C13H14N4O2/c1-17-5-4-14-12(17)7-15-9-2-3-11-10(6-9)16-13(18)8-19-11/h2-6,15H,7-8H2,1H3,(H,16,18). The maximum atomic E-state index is 11.3. The van der Waals surface area contributed by atoms with Gasteiger partial charge >= 0.3 is 0 Å². The number of fused-ring (bicyclic) bond motifs is 1. The van der Waals surface area contributed by atoms with Gasteiger partial charge in [0.2, 0.25) is 0 Å². The molecule has 98 valence electrons. The number of rotatable bonds is 3. The molecule has 1 aliphatic heterocycles. The van der Waals surface area contributed by atoms with Crippen LogP contribution in [0.5, 0.6) is 5.75 Å². The number of hydrogen-bond donors (Lipinski definition) is 2. The van der Waals surface area contributed by atoms with Crippen LogP contribution >= 0.6 is 0 Å². The first kappa shape index (κ1) is 11.6. The molecule has 0 radical (unpaired) electrons. The molecule has 1 aromatic heterocycles. The van der Waals surface area contributed by atoms with Crippen molar-refractivity contribution < 1.29 is 9.53 Å². The Balaban J connectivity index is 1.74. The van der Waals surface area contributed by atoms with Crippen molar-refractivity contribution in [1.29, 1.82) is 0 Å². The molecule has 1 amide bonds. The minimum absolute atomic E-state index is 0.0764. The Bertz CT molecular complexity index is 621. The monoisotopic (exact) mass is 258 g/mol. The number of carbonyl (C=O) groups is 1. The Hall–Kier alpha value is -2.50. The second kappa shape index (κ2) is 4.64. The van der Waals surface area contributed by atoms with Gasteiger partial charge in [-0.15, -0.1) is 0 Å². The highest BCUT2D eigenvalue weighted by Gasteiger charge is 2.15. The van der Waals surface area contributed by atoms with Gasteiger partial charge in [-0.2, -0.15) is 0 Å². The van der Waals surface area contributed by atoms with E-state index < -0.39 is 0 Å². The molecule has 6 nitrogen and oxygen atoms in total. The summed E-state index contributed by atoms with van der Waals surface area (Å²) in [5, 5.41) is 6.04. The molecule has 2 aromatic rings. The van der Waals surface area contributed by atoms with E-state index in [1.54, 1.807) is 6.20 Å². The molecule has 0 atom stereocenters. The molecule has 0 spiro atoms. The third-order valence-corrected chi connectivity index (χ3v) is 2.98. The van der Waals surface area contributed by atoms with Gasteiger partial charge in [0.25, 0.3) is 5.91 Å². The van der Waals surface area contributed by atoms with Crippen LogP contribution in [-0.4, -0.2) is 22.1 Å². The summed E-state index contributed by atoms with van der Waals surface area (Å²) in [5.74, 6) is 1.51. The maximum Gasteiger partial charge on any atom is 0.262 e. The molecule has 0 bridgehead atoms. The van der Waals surface area contributed by atoms with Crippen LogP contribution in [0.2, 0.25) is 0 Å². The van der Waals surface area contributed by atoms with Crippen molar-refractivity contribution in [3.05, 3.63) is 36.4 Å². The summed E-state index contributed by atoms with van der Waals surface area (Å²) in [6.07, 6.45) is 3.66. The Morgan fingerprint density at radius 2 is 2.42 bits per heavy atom. The van der Waals surface area contributed by atoms with Crippen molar-refractivity contribution in [2.75, 3.05) is 17.2 Å². The summed E-state index contributed by atoms with van der Waals surface area (Å²) in [7, 11) is 1.95. The first-order valence-electron chi connectivity index (χ1n) is 5.99. The van der Waals surface area contributed by atoms with Crippen LogP contribution in [0.1, 0.15) is 5.82 Å². The lowest BCUT2D eigenvalue weighted by molar-refractivity contribution is -0.118.